The monoisotopic (exact) mass is 116 g/mol. The van der Waals surface area contributed by atoms with Crippen molar-refractivity contribution in [2.45, 2.75) is 18.3 Å². The van der Waals surface area contributed by atoms with Gasteiger partial charge in [0, 0.05) is 0 Å². The second-order valence-corrected chi connectivity index (χ2v) is 2.19. The zero-order valence-electron chi connectivity index (χ0n) is 4.41. The Morgan fingerprint density at radius 1 is 1.62 bits per heavy atom. The van der Waals surface area contributed by atoms with Crippen LogP contribution in [0.5, 0.6) is 0 Å². The predicted molar refractivity (Wildman–Crippen MR) is 25.5 cm³/mol. The number of rotatable bonds is 1. The molecule has 2 fully saturated rings. The Balaban J connectivity index is 1.97. The summed E-state index contributed by atoms with van der Waals surface area (Å²) in [4.78, 5) is 0. The lowest BCUT2D eigenvalue weighted by molar-refractivity contribution is -0.00339. The van der Waals surface area contributed by atoms with E-state index in [4.69, 9.17) is 14.6 Å². The highest BCUT2D eigenvalue weighted by molar-refractivity contribution is 4.96. The Labute approximate surface area is 47.2 Å². The largest absolute Gasteiger partial charge is 0.394 e. The molecule has 2 saturated heterocycles. The number of hydrogen-bond donors (Lipinski definition) is 1. The summed E-state index contributed by atoms with van der Waals surface area (Å²) in [6.07, 6.45) is 0.507. The first-order chi connectivity index (χ1) is 3.92. The predicted octanol–water partition coefficient (Wildman–Crippen LogP) is -0.855. The van der Waals surface area contributed by atoms with Crippen LogP contribution in [0.2, 0.25) is 0 Å². The van der Waals surface area contributed by atoms with Gasteiger partial charge in [-0.3, -0.25) is 0 Å². The molecule has 0 saturated carbocycles. The molecule has 2 aliphatic heterocycles. The van der Waals surface area contributed by atoms with Crippen molar-refractivity contribution >= 4 is 0 Å². The average Bonchev–Trinajstić information content (AvgIpc) is 2.46. The van der Waals surface area contributed by atoms with E-state index in [-0.39, 0.29) is 18.8 Å². The topological polar surface area (TPSA) is 42.0 Å². The third-order valence-electron chi connectivity index (χ3n) is 1.64. The number of epoxide rings is 1. The summed E-state index contributed by atoms with van der Waals surface area (Å²) in [7, 11) is 0. The molecule has 0 aromatic rings. The molecule has 3 heteroatoms. The quantitative estimate of drug-likeness (QED) is 0.453. The van der Waals surface area contributed by atoms with Gasteiger partial charge in [-0.15, -0.1) is 0 Å². The first-order valence-corrected chi connectivity index (χ1v) is 2.80. The third kappa shape index (κ3) is 0.491. The maximum Gasteiger partial charge on any atom is 0.115 e. The minimum atomic E-state index is -0.0278. The summed E-state index contributed by atoms with van der Waals surface area (Å²) in [6.45, 7) is 0.775. The van der Waals surface area contributed by atoms with Crippen molar-refractivity contribution in [3.05, 3.63) is 0 Å². The van der Waals surface area contributed by atoms with Gasteiger partial charge < -0.3 is 14.6 Å². The highest BCUT2D eigenvalue weighted by Gasteiger charge is 2.51. The van der Waals surface area contributed by atoms with E-state index < -0.39 is 0 Å². The molecule has 0 aromatic carbocycles. The molecule has 0 spiro atoms. The molecule has 8 heavy (non-hydrogen) atoms. The summed E-state index contributed by atoms with van der Waals surface area (Å²) in [5.74, 6) is 0. The van der Waals surface area contributed by atoms with Gasteiger partial charge in [0.2, 0.25) is 0 Å². The third-order valence-corrected chi connectivity index (χ3v) is 1.64. The second kappa shape index (κ2) is 1.43. The summed E-state index contributed by atoms with van der Waals surface area (Å²) >= 11 is 0. The highest BCUT2D eigenvalue weighted by atomic mass is 16.7. The second-order valence-electron chi connectivity index (χ2n) is 2.19. The van der Waals surface area contributed by atoms with Gasteiger partial charge in [-0.2, -0.15) is 0 Å². The van der Waals surface area contributed by atoms with Crippen LogP contribution in [-0.2, 0) is 9.47 Å². The maximum absolute atomic E-state index is 8.56. The van der Waals surface area contributed by atoms with Gasteiger partial charge in [0.05, 0.1) is 13.2 Å². The fourth-order valence-electron chi connectivity index (χ4n) is 1.09. The molecule has 0 radical (unpaired) electrons. The van der Waals surface area contributed by atoms with Crippen LogP contribution in [0.15, 0.2) is 0 Å². The van der Waals surface area contributed by atoms with Crippen molar-refractivity contribution < 1.29 is 14.6 Å². The SMILES string of the molecule is OC[C@@H]1OC[C@@H]2O[C@H]12. The van der Waals surface area contributed by atoms with E-state index in [1.807, 2.05) is 0 Å². The lowest BCUT2D eigenvalue weighted by atomic mass is 10.2. The van der Waals surface area contributed by atoms with E-state index in [1.54, 1.807) is 0 Å². The van der Waals surface area contributed by atoms with Crippen molar-refractivity contribution in [1.29, 1.82) is 0 Å². The Morgan fingerprint density at radius 3 is 2.75 bits per heavy atom. The Kier molecular flexibility index (Phi) is 0.848. The van der Waals surface area contributed by atoms with Crippen molar-refractivity contribution in [2.75, 3.05) is 13.2 Å². The Hall–Kier alpha value is -0.120. The molecule has 0 unspecified atom stereocenters. The van der Waals surface area contributed by atoms with E-state index in [2.05, 4.69) is 0 Å². The first-order valence-electron chi connectivity index (χ1n) is 2.80. The maximum atomic E-state index is 8.56. The zero-order chi connectivity index (χ0) is 5.56. The van der Waals surface area contributed by atoms with Crippen LogP contribution in [0.3, 0.4) is 0 Å². The van der Waals surface area contributed by atoms with Gasteiger partial charge in [0.25, 0.3) is 0 Å². The summed E-state index contributed by atoms with van der Waals surface area (Å²) in [6, 6.07) is 0. The summed E-state index contributed by atoms with van der Waals surface area (Å²) in [5, 5.41) is 8.56. The molecule has 2 aliphatic rings. The van der Waals surface area contributed by atoms with Gasteiger partial charge >= 0.3 is 0 Å². The molecule has 0 aliphatic carbocycles. The molecule has 0 amide bonds. The summed E-state index contributed by atoms with van der Waals surface area (Å²) < 4.78 is 10.2. The zero-order valence-corrected chi connectivity index (χ0v) is 4.41. The van der Waals surface area contributed by atoms with Crippen LogP contribution >= 0.6 is 0 Å². The minimum absolute atomic E-state index is 0.0278. The van der Waals surface area contributed by atoms with Crippen molar-refractivity contribution in [2.24, 2.45) is 0 Å². The lowest BCUT2D eigenvalue weighted by Gasteiger charge is -2.04. The van der Waals surface area contributed by atoms with Crippen LogP contribution in [0, 0.1) is 0 Å². The fraction of sp³-hybridized carbons (Fsp3) is 1.00. The van der Waals surface area contributed by atoms with Crippen molar-refractivity contribution in [3.63, 3.8) is 0 Å². The molecule has 0 aromatic heterocycles. The number of hydrogen-bond acceptors (Lipinski definition) is 3. The standard InChI is InChI=1S/C5H8O3/c6-1-3-5-4(8-5)2-7-3/h3-6H,1-2H2/t3-,4-,5+/m0/s1. The molecule has 0 bridgehead atoms. The highest BCUT2D eigenvalue weighted by Crippen LogP contribution is 2.33. The number of aliphatic hydroxyl groups is 1. The van der Waals surface area contributed by atoms with Crippen LogP contribution < -0.4 is 0 Å². The fourth-order valence-corrected chi connectivity index (χ4v) is 1.09. The van der Waals surface area contributed by atoms with Crippen LogP contribution in [0.4, 0.5) is 0 Å². The van der Waals surface area contributed by atoms with E-state index in [0.29, 0.717) is 12.7 Å². The normalized spacial score (nSPS) is 51.4. The number of ether oxygens (including phenoxy) is 2. The van der Waals surface area contributed by atoms with Crippen LogP contribution in [0.1, 0.15) is 0 Å². The molecular formula is C5H8O3. The number of fused-ring (bicyclic) bond motifs is 1. The smallest absolute Gasteiger partial charge is 0.115 e. The molecule has 46 valence electrons. The molecule has 2 rings (SSSR count). The van der Waals surface area contributed by atoms with E-state index in [1.165, 1.54) is 0 Å². The first kappa shape index (κ1) is 4.73. The van der Waals surface area contributed by atoms with E-state index >= 15 is 0 Å². The summed E-state index contributed by atoms with van der Waals surface area (Å²) in [5.41, 5.74) is 0. The minimum Gasteiger partial charge on any atom is -0.394 e. The van der Waals surface area contributed by atoms with Crippen LogP contribution in [0.25, 0.3) is 0 Å². The van der Waals surface area contributed by atoms with Gasteiger partial charge in [0.1, 0.15) is 18.3 Å². The van der Waals surface area contributed by atoms with Gasteiger partial charge in [-0.25, -0.2) is 0 Å². The molecule has 3 nitrogen and oxygen atoms in total. The van der Waals surface area contributed by atoms with Gasteiger partial charge in [-0.05, 0) is 0 Å². The lowest BCUT2D eigenvalue weighted by Crippen LogP contribution is -2.18. The molecule has 3 atom stereocenters. The molecule has 2 heterocycles. The van der Waals surface area contributed by atoms with Crippen molar-refractivity contribution in [3.8, 4) is 0 Å². The molecule has 1 N–H and O–H groups in total. The van der Waals surface area contributed by atoms with Gasteiger partial charge in [0.15, 0.2) is 0 Å². The van der Waals surface area contributed by atoms with Gasteiger partial charge in [-0.1, -0.05) is 0 Å². The average molecular weight is 116 g/mol. The Morgan fingerprint density at radius 2 is 2.50 bits per heavy atom. The van der Waals surface area contributed by atoms with E-state index in [0.717, 1.165) is 0 Å². The number of aliphatic hydroxyl groups excluding tert-OH is 1. The Bertz CT molecular complexity index is 104. The van der Waals surface area contributed by atoms with Crippen LogP contribution in [-0.4, -0.2) is 36.6 Å². The van der Waals surface area contributed by atoms with E-state index in [9.17, 15) is 0 Å². The molecular weight excluding hydrogens is 108 g/mol. The van der Waals surface area contributed by atoms with Crippen molar-refractivity contribution in [1.82, 2.24) is 0 Å².